The summed E-state index contributed by atoms with van der Waals surface area (Å²) in [4.78, 5) is 11.6. The maximum atomic E-state index is 11.6. The summed E-state index contributed by atoms with van der Waals surface area (Å²) in [5.74, 6) is 4.32. The first-order chi connectivity index (χ1) is 7.23. The van der Waals surface area contributed by atoms with E-state index in [4.69, 9.17) is 16.1 Å². The van der Waals surface area contributed by atoms with Crippen LogP contribution in [0.15, 0.2) is 0 Å². The molecular formula is C5H11N4O5PS. The minimum absolute atomic E-state index is 0.116. The Hall–Kier alpha value is -0.640. The Morgan fingerprint density at radius 3 is 2.62 bits per heavy atom. The van der Waals surface area contributed by atoms with Crippen LogP contribution in [0.4, 0.5) is 0 Å². The van der Waals surface area contributed by atoms with Gasteiger partial charge in [-0.25, -0.2) is 5.84 Å². The number of hydrogen-bond donors (Lipinski definition) is 4. The zero-order chi connectivity index (χ0) is 12.6. The molecule has 1 saturated heterocycles. The molecule has 11 heteroatoms. The summed E-state index contributed by atoms with van der Waals surface area (Å²) in [6, 6.07) is -1.04. The topological polar surface area (TPSA) is 156 Å². The van der Waals surface area contributed by atoms with Gasteiger partial charge in [-0.1, -0.05) is 0 Å². The van der Waals surface area contributed by atoms with E-state index in [1.807, 2.05) is 0 Å². The molecule has 1 heterocycles. The maximum Gasteiger partial charge on any atom is 0.335 e. The highest BCUT2D eigenvalue weighted by atomic mass is 32.2. The van der Waals surface area contributed by atoms with Crippen molar-refractivity contribution >= 4 is 24.7 Å². The molecule has 0 bridgehead atoms. The Labute approximate surface area is 93.2 Å². The zero-order valence-electron chi connectivity index (χ0n) is 8.03. The second-order valence-electron chi connectivity index (χ2n) is 3.33. The quantitative estimate of drug-likeness (QED) is 0.196. The Morgan fingerprint density at radius 1 is 1.62 bits per heavy atom. The number of nitrogens with zero attached hydrogens (tertiary/aromatic N) is 1. The third-order valence-corrected chi connectivity index (χ3v) is 3.89. The van der Waals surface area contributed by atoms with Crippen molar-refractivity contribution in [2.45, 2.75) is 17.7 Å². The summed E-state index contributed by atoms with van der Waals surface area (Å²) in [5.41, 5.74) is 5.54. The van der Waals surface area contributed by atoms with E-state index in [-0.39, 0.29) is 13.0 Å². The molecule has 1 rings (SSSR count). The van der Waals surface area contributed by atoms with Gasteiger partial charge in [0.05, 0.1) is 0 Å². The number of carbonyl (C=O) groups excluding carboxylic acids is 1. The minimum Gasteiger partial charge on any atom is -0.325 e. The third kappa shape index (κ3) is 2.37. The van der Waals surface area contributed by atoms with Gasteiger partial charge in [0.15, 0.2) is 8.46 Å². The van der Waals surface area contributed by atoms with E-state index in [0.29, 0.717) is 5.01 Å². The second-order valence-corrected chi connectivity index (χ2v) is 5.37. The Kier molecular flexibility index (Phi) is 3.62. The SMILES string of the molecule is NC1CCN(N)C(=O)C1(NS(=O)(=O)O)P=O. The van der Waals surface area contributed by atoms with Crippen LogP contribution in [0.2, 0.25) is 0 Å². The summed E-state index contributed by atoms with van der Waals surface area (Å²) in [5, 5.41) is -1.44. The van der Waals surface area contributed by atoms with Crippen LogP contribution < -0.4 is 16.3 Å². The Balaban J connectivity index is 3.17. The first-order valence-corrected chi connectivity index (χ1v) is 6.41. The van der Waals surface area contributed by atoms with Gasteiger partial charge in [0, 0.05) is 12.6 Å². The van der Waals surface area contributed by atoms with Crippen LogP contribution >= 0.6 is 8.46 Å². The number of carbonyl (C=O) groups is 1. The molecule has 2 unspecified atom stereocenters. The van der Waals surface area contributed by atoms with Gasteiger partial charge in [-0.05, 0) is 6.42 Å². The van der Waals surface area contributed by atoms with Crippen molar-refractivity contribution in [3.63, 3.8) is 0 Å². The highest BCUT2D eigenvalue weighted by molar-refractivity contribution is 7.84. The van der Waals surface area contributed by atoms with Crippen molar-refractivity contribution in [2.24, 2.45) is 11.6 Å². The molecule has 16 heavy (non-hydrogen) atoms. The maximum absolute atomic E-state index is 11.6. The number of rotatable bonds is 3. The normalized spacial score (nSPS) is 32.1. The van der Waals surface area contributed by atoms with Gasteiger partial charge >= 0.3 is 10.3 Å². The van der Waals surface area contributed by atoms with Crippen LogP contribution in [0.1, 0.15) is 6.42 Å². The summed E-state index contributed by atoms with van der Waals surface area (Å²) in [7, 11) is -5.60. The van der Waals surface area contributed by atoms with Gasteiger partial charge in [-0.2, -0.15) is 13.1 Å². The molecule has 1 fully saturated rings. The van der Waals surface area contributed by atoms with Crippen molar-refractivity contribution in [1.82, 2.24) is 9.73 Å². The second kappa shape index (κ2) is 4.32. The molecule has 1 aliphatic heterocycles. The average Bonchev–Trinajstić information content (AvgIpc) is 2.17. The summed E-state index contributed by atoms with van der Waals surface area (Å²) >= 11 is 0. The molecule has 1 aliphatic rings. The molecule has 0 spiro atoms. The minimum atomic E-state index is -4.72. The molecule has 6 N–H and O–H groups in total. The molecule has 2 atom stereocenters. The molecule has 0 aromatic rings. The van der Waals surface area contributed by atoms with Crippen LogP contribution in [0, 0.1) is 0 Å². The van der Waals surface area contributed by atoms with Crippen molar-refractivity contribution in [1.29, 1.82) is 0 Å². The van der Waals surface area contributed by atoms with Crippen molar-refractivity contribution in [3.8, 4) is 0 Å². The number of hydrogen-bond acceptors (Lipinski definition) is 6. The fourth-order valence-electron chi connectivity index (χ4n) is 1.41. The van der Waals surface area contributed by atoms with E-state index in [1.165, 1.54) is 0 Å². The fourth-order valence-corrected chi connectivity index (χ4v) is 3.01. The van der Waals surface area contributed by atoms with Crippen molar-refractivity contribution in [2.75, 3.05) is 6.54 Å². The molecule has 0 aromatic heterocycles. The average molecular weight is 270 g/mol. The summed E-state index contributed by atoms with van der Waals surface area (Å²) < 4.78 is 42.6. The molecule has 0 radical (unpaired) electrons. The predicted octanol–water partition coefficient (Wildman–Crippen LogP) is -2.20. The van der Waals surface area contributed by atoms with E-state index in [1.54, 1.807) is 4.72 Å². The number of nitrogens with one attached hydrogen (secondary N) is 1. The number of nitrogens with two attached hydrogens (primary N) is 2. The Morgan fingerprint density at radius 2 is 2.19 bits per heavy atom. The number of piperidine rings is 1. The van der Waals surface area contributed by atoms with Crippen LogP contribution in [0.5, 0.6) is 0 Å². The van der Waals surface area contributed by atoms with Crippen LogP contribution in [0.25, 0.3) is 0 Å². The van der Waals surface area contributed by atoms with E-state index in [2.05, 4.69) is 0 Å². The number of hydrazine groups is 1. The standard InChI is InChI=1S/C5H11N4O5PS/c6-3-1-2-9(7)4(10)5(3,15-11)8-16(12,13)14/h3,8H,1-2,6-7H2,(H,12,13,14). The molecular weight excluding hydrogens is 259 g/mol. The van der Waals surface area contributed by atoms with Crippen LogP contribution in [0.3, 0.4) is 0 Å². The smallest absolute Gasteiger partial charge is 0.325 e. The van der Waals surface area contributed by atoms with Gasteiger partial charge in [0.1, 0.15) is 0 Å². The highest BCUT2D eigenvalue weighted by Crippen LogP contribution is 2.30. The van der Waals surface area contributed by atoms with E-state index in [9.17, 15) is 17.8 Å². The molecule has 0 aromatic carbocycles. The van der Waals surface area contributed by atoms with Gasteiger partial charge in [0.2, 0.25) is 5.28 Å². The van der Waals surface area contributed by atoms with Gasteiger partial charge in [-0.15, -0.1) is 0 Å². The molecule has 1 amide bonds. The Bertz CT molecular complexity index is 413. The molecule has 9 nitrogen and oxygen atoms in total. The zero-order valence-corrected chi connectivity index (χ0v) is 9.74. The largest absolute Gasteiger partial charge is 0.335 e. The first-order valence-electron chi connectivity index (χ1n) is 4.16. The van der Waals surface area contributed by atoms with Gasteiger partial charge in [-0.3, -0.25) is 18.9 Å². The molecule has 0 saturated carbocycles. The molecule has 92 valence electrons. The highest BCUT2D eigenvalue weighted by Gasteiger charge is 2.52. The fraction of sp³-hybridized carbons (Fsp3) is 0.800. The van der Waals surface area contributed by atoms with Crippen LogP contribution in [-0.2, 0) is 19.7 Å². The third-order valence-electron chi connectivity index (χ3n) is 2.23. The van der Waals surface area contributed by atoms with Crippen molar-refractivity contribution < 1.29 is 22.3 Å². The monoisotopic (exact) mass is 270 g/mol. The lowest BCUT2D eigenvalue weighted by atomic mass is 10.0. The lowest BCUT2D eigenvalue weighted by molar-refractivity contribution is -0.138. The van der Waals surface area contributed by atoms with E-state index >= 15 is 0 Å². The van der Waals surface area contributed by atoms with Crippen molar-refractivity contribution in [3.05, 3.63) is 0 Å². The lowest BCUT2D eigenvalue weighted by Gasteiger charge is -2.38. The van der Waals surface area contributed by atoms with Gasteiger partial charge in [0.25, 0.3) is 5.91 Å². The summed E-state index contributed by atoms with van der Waals surface area (Å²) in [6.45, 7) is 0.116. The van der Waals surface area contributed by atoms with E-state index < -0.39 is 36.0 Å². The lowest BCUT2D eigenvalue weighted by Crippen LogP contribution is -2.69. The van der Waals surface area contributed by atoms with Crippen LogP contribution in [-0.4, -0.2) is 41.8 Å². The number of amides is 1. The van der Waals surface area contributed by atoms with Gasteiger partial charge < -0.3 is 5.73 Å². The predicted molar refractivity (Wildman–Crippen MR) is 53.5 cm³/mol. The molecule has 0 aliphatic carbocycles. The summed E-state index contributed by atoms with van der Waals surface area (Å²) in [6.07, 6.45) is 0.153. The first kappa shape index (κ1) is 13.4. The van der Waals surface area contributed by atoms with E-state index in [0.717, 1.165) is 0 Å².